The number of allylic oxidation sites excluding steroid dienone is 1. The largest absolute Gasteiger partial charge is 0.454 e. The van der Waals surface area contributed by atoms with Crippen molar-refractivity contribution >= 4 is 22.3 Å². The number of carbonyl (C=O) groups is 1. The number of aromatic amines is 1. The molecule has 0 unspecified atom stereocenters. The van der Waals surface area contributed by atoms with E-state index in [4.69, 9.17) is 0 Å². The molecule has 0 bridgehead atoms. The van der Waals surface area contributed by atoms with Crippen LogP contribution in [-0.4, -0.2) is 16.9 Å². The number of alkyl halides is 3. The minimum absolute atomic E-state index is 0.241. The molecule has 2 nitrogen and oxygen atoms in total. The predicted molar refractivity (Wildman–Crippen MR) is 82.9 cm³/mol. The normalized spacial score (nSPS) is 12.6. The molecule has 0 saturated heterocycles. The standard InChI is InChI=1S/C18H12F3NO/c19-18(20,21)17(23)10-14(12-6-2-1-3-7-12)15-11-22-16-9-5-4-8-13(15)16/h1-11,22H/b14-10+. The van der Waals surface area contributed by atoms with Gasteiger partial charge in [-0.15, -0.1) is 0 Å². The van der Waals surface area contributed by atoms with Gasteiger partial charge in [0.2, 0.25) is 0 Å². The number of hydrogen-bond donors (Lipinski definition) is 1. The third kappa shape index (κ3) is 3.04. The summed E-state index contributed by atoms with van der Waals surface area (Å²) in [5.74, 6) is -1.87. The van der Waals surface area contributed by atoms with E-state index in [1.807, 2.05) is 12.1 Å². The van der Waals surface area contributed by atoms with E-state index < -0.39 is 12.0 Å². The molecular weight excluding hydrogens is 303 g/mol. The van der Waals surface area contributed by atoms with Gasteiger partial charge in [-0.25, -0.2) is 0 Å². The molecule has 3 rings (SSSR count). The molecule has 1 N–H and O–H groups in total. The SMILES string of the molecule is O=C(/C=C(\c1ccccc1)c1c[nH]c2ccccc12)C(F)(F)F. The van der Waals surface area contributed by atoms with Crippen molar-refractivity contribution in [3.8, 4) is 0 Å². The molecule has 1 heterocycles. The topological polar surface area (TPSA) is 32.9 Å². The van der Waals surface area contributed by atoms with E-state index in [1.165, 1.54) is 0 Å². The number of para-hydroxylation sites is 1. The summed E-state index contributed by atoms with van der Waals surface area (Å²) in [7, 11) is 0. The second-order valence-electron chi connectivity index (χ2n) is 5.03. The molecule has 0 amide bonds. The third-order valence-electron chi connectivity index (χ3n) is 3.52. The van der Waals surface area contributed by atoms with Gasteiger partial charge in [-0.3, -0.25) is 4.79 Å². The highest BCUT2D eigenvalue weighted by Crippen LogP contribution is 2.31. The molecule has 2 aromatic carbocycles. The Morgan fingerprint density at radius 2 is 1.61 bits per heavy atom. The van der Waals surface area contributed by atoms with Crippen LogP contribution in [-0.2, 0) is 4.79 Å². The van der Waals surface area contributed by atoms with Crippen molar-refractivity contribution in [2.24, 2.45) is 0 Å². The first-order valence-electron chi connectivity index (χ1n) is 6.91. The summed E-state index contributed by atoms with van der Waals surface area (Å²) in [4.78, 5) is 14.5. The van der Waals surface area contributed by atoms with Crippen molar-refractivity contribution in [2.75, 3.05) is 0 Å². The van der Waals surface area contributed by atoms with Crippen molar-refractivity contribution in [2.45, 2.75) is 6.18 Å². The van der Waals surface area contributed by atoms with Crippen LogP contribution in [0.5, 0.6) is 0 Å². The molecule has 1 aromatic heterocycles. The van der Waals surface area contributed by atoms with Gasteiger partial charge in [0.05, 0.1) is 0 Å². The van der Waals surface area contributed by atoms with Gasteiger partial charge >= 0.3 is 6.18 Å². The fourth-order valence-corrected chi connectivity index (χ4v) is 2.44. The lowest BCUT2D eigenvalue weighted by atomic mass is 9.96. The van der Waals surface area contributed by atoms with E-state index in [9.17, 15) is 18.0 Å². The molecule has 5 heteroatoms. The van der Waals surface area contributed by atoms with E-state index in [0.717, 1.165) is 10.9 Å². The Balaban J connectivity index is 2.21. The monoisotopic (exact) mass is 315 g/mol. The number of ketones is 1. The number of nitrogens with one attached hydrogen (secondary N) is 1. The third-order valence-corrected chi connectivity index (χ3v) is 3.52. The molecule has 0 aliphatic heterocycles. The van der Waals surface area contributed by atoms with Crippen LogP contribution in [0.15, 0.2) is 66.9 Å². The Hall–Kier alpha value is -2.82. The molecule has 0 saturated carbocycles. The van der Waals surface area contributed by atoms with Gasteiger partial charge in [0.15, 0.2) is 0 Å². The Bertz CT molecular complexity index is 876. The van der Waals surface area contributed by atoms with E-state index in [1.54, 1.807) is 48.7 Å². The maximum Gasteiger partial charge on any atom is 0.454 e. The second-order valence-corrected chi connectivity index (χ2v) is 5.03. The maximum absolute atomic E-state index is 12.7. The summed E-state index contributed by atoms with van der Waals surface area (Å²) < 4.78 is 38.0. The summed E-state index contributed by atoms with van der Waals surface area (Å²) in [6, 6.07) is 15.8. The molecule has 0 spiro atoms. The van der Waals surface area contributed by atoms with E-state index in [0.29, 0.717) is 17.2 Å². The van der Waals surface area contributed by atoms with Crippen molar-refractivity contribution in [3.05, 3.63) is 78.0 Å². The van der Waals surface area contributed by atoms with Gasteiger partial charge < -0.3 is 4.98 Å². The fraction of sp³-hybridized carbons (Fsp3) is 0.0556. The molecule has 3 aromatic rings. The van der Waals surface area contributed by atoms with Crippen LogP contribution in [0.25, 0.3) is 16.5 Å². The van der Waals surface area contributed by atoms with Gasteiger partial charge in [0, 0.05) is 22.7 Å². The van der Waals surface area contributed by atoms with E-state index in [-0.39, 0.29) is 5.57 Å². The lowest BCUT2D eigenvalue weighted by Crippen LogP contribution is -2.20. The average Bonchev–Trinajstić information content (AvgIpc) is 2.96. The summed E-state index contributed by atoms with van der Waals surface area (Å²) in [5.41, 5.74) is 2.15. The lowest BCUT2D eigenvalue weighted by Gasteiger charge is -2.08. The Labute approximate surface area is 130 Å². The highest BCUT2D eigenvalue weighted by atomic mass is 19.4. The number of hydrogen-bond acceptors (Lipinski definition) is 1. The van der Waals surface area contributed by atoms with Crippen molar-refractivity contribution in [1.82, 2.24) is 4.98 Å². The summed E-state index contributed by atoms with van der Waals surface area (Å²) in [6.07, 6.45) is -2.62. The van der Waals surface area contributed by atoms with Crippen LogP contribution in [0.3, 0.4) is 0 Å². The van der Waals surface area contributed by atoms with E-state index >= 15 is 0 Å². The summed E-state index contributed by atoms with van der Waals surface area (Å²) >= 11 is 0. The molecule has 0 radical (unpaired) electrons. The van der Waals surface area contributed by atoms with Crippen LogP contribution >= 0.6 is 0 Å². The summed E-state index contributed by atoms with van der Waals surface area (Å²) in [6.45, 7) is 0. The highest BCUT2D eigenvalue weighted by Gasteiger charge is 2.37. The van der Waals surface area contributed by atoms with Crippen LogP contribution in [0, 0.1) is 0 Å². The number of carbonyl (C=O) groups excluding carboxylic acids is 1. The zero-order valence-electron chi connectivity index (χ0n) is 11.9. The molecule has 23 heavy (non-hydrogen) atoms. The van der Waals surface area contributed by atoms with Crippen molar-refractivity contribution < 1.29 is 18.0 Å². The number of rotatable bonds is 3. The quantitative estimate of drug-likeness (QED) is 0.696. The van der Waals surface area contributed by atoms with Gasteiger partial charge in [-0.1, -0.05) is 48.5 Å². The molecule has 0 fully saturated rings. The predicted octanol–water partition coefficient (Wildman–Crippen LogP) is 4.73. The first kappa shape index (κ1) is 15.1. The van der Waals surface area contributed by atoms with E-state index in [2.05, 4.69) is 4.98 Å². The minimum Gasteiger partial charge on any atom is -0.361 e. The van der Waals surface area contributed by atoms with Crippen LogP contribution in [0.4, 0.5) is 13.2 Å². The Morgan fingerprint density at radius 3 is 2.30 bits per heavy atom. The van der Waals surface area contributed by atoms with Gasteiger partial charge in [0.25, 0.3) is 5.78 Å². The maximum atomic E-state index is 12.7. The number of halogens is 3. The zero-order chi connectivity index (χ0) is 16.4. The number of H-pyrrole nitrogens is 1. The van der Waals surface area contributed by atoms with Crippen LogP contribution in [0.2, 0.25) is 0 Å². The number of aromatic nitrogens is 1. The minimum atomic E-state index is -4.90. The smallest absolute Gasteiger partial charge is 0.361 e. The Kier molecular flexibility index (Phi) is 3.78. The Morgan fingerprint density at radius 1 is 0.957 bits per heavy atom. The molecular formula is C18H12F3NO. The number of benzene rings is 2. The number of fused-ring (bicyclic) bond motifs is 1. The van der Waals surface area contributed by atoms with Gasteiger partial charge in [-0.2, -0.15) is 13.2 Å². The molecule has 0 aliphatic rings. The second kappa shape index (κ2) is 5.76. The van der Waals surface area contributed by atoms with Gasteiger partial charge in [-0.05, 0) is 23.3 Å². The summed E-state index contributed by atoms with van der Waals surface area (Å²) in [5, 5.41) is 0.762. The molecule has 0 aliphatic carbocycles. The van der Waals surface area contributed by atoms with Crippen LogP contribution in [0.1, 0.15) is 11.1 Å². The lowest BCUT2D eigenvalue weighted by molar-refractivity contribution is -0.165. The first-order chi connectivity index (χ1) is 11.0. The van der Waals surface area contributed by atoms with Gasteiger partial charge in [0.1, 0.15) is 0 Å². The van der Waals surface area contributed by atoms with Crippen LogP contribution < -0.4 is 0 Å². The zero-order valence-corrected chi connectivity index (χ0v) is 11.9. The average molecular weight is 315 g/mol. The fourth-order valence-electron chi connectivity index (χ4n) is 2.44. The first-order valence-corrected chi connectivity index (χ1v) is 6.91. The molecule has 0 atom stereocenters. The highest BCUT2D eigenvalue weighted by molar-refractivity contribution is 6.07. The molecule has 116 valence electrons. The van der Waals surface area contributed by atoms with Crippen molar-refractivity contribution in [1.29, 1.82) is 0 Å². The van der Waals surface area contributed by atoms with Crippen molar-refractivity contribution in [3.63, 3.8) is 0 Å².